The van der Waals surface area contributed by atoms with E-state index in [9.17, 15) is 13.2 Å². The van der Waals surface area contributed by atoms with Gasteiger partial charge in [0, 0.05) is 18.3 Å². The fraction of sp³-hybridized carbons (Fsp3) is 0.444. The Labute approximate surface area is 148 Å². The first-order chi connectivity index (χ1) is 11.8. The molecule has 2 aromatic rings. The third kappa shape index (κ3) is 3.61. The van der Waals surface area contributed by atoms with Crippen molar-refractivity contribution in [3.05, 3.63) is 47.3 Å². The first-order valence-corrected chi connectivity index (χ1v) is 10.3. The monoisotopic (exact) mass is 361 g/mol. The van der Waals surface area contributed by atoms with Crippen molar-refractivity contribution >= 4 is 15.7 Å². The minimum atomic E-state index is -3.04. The molecule has 1 saturated heterocycles. The minimum Gasteiger partial charge on any atom is -0.333 e. The highest BCUT2D eigenvalue weighted by Gasteiger charge is 2.35. The van der Waals surface area contributed by atoms with E-state index in [0.29, 0.717) is 18.7 Å². The van der Waals surface area contributed by atoms with Gasteiger partial charge in [0.1, 0.15) is 0 Å². The van der Waals surface area contributed by atoms with Gasteiger partial charge in [0.25, 0.3) is 5.91 Å². The van der Waals surface area contributed by atoms with Crippen LogP contribution < -0.4 is 0 Å². The summed E-state index contributed by atoms with van der Waals surface area (Å²) in [6.07, 6.45) is 0.499. The summed E-state index contributed by atoms with van der Waals surface area (Å²) in [4.78, 5) is 14.5. The van der Waals surface area contributed by atoms with Crippen LogP contribution in [0, 0.1) is 13.8 Å². The average Bonchev–Trinajstić information content (AvgIpc) is 3.11. The second-order valence-corrected chi connectivity index (χ2v) is 8.80. The molecule has 1 unspecified atom stereocenters. The highest BCUT2D eigenvalue weighted by molar-refractivity contribution is 7.91. The molecular weight excluding hydrogens is 338 g/mol. The smallest absolute Gasteiger partial charge is 0.274 e. The normalized spacial score (nSPS) is 19.1. The molecule has 1 aromatic carbocycles. The Morgan fingerprint density at radius 2 is 2.08 bits per heavy atom. The van der Waals surface area contributed by atoms with E-state index < -0.39 is 9.84 Å². The molecule has 6 nitrogen and oxygen atoms in total. The molecule has 0 bridgehead atoms. The Balaban J connectivity index is 1.88. The van der Waals surface area contributed by atoms with E-state index >= 15 is 0 Å². The maximum absolute atomic E-state index is 12.9. The molecule has 1 aromatic heterocycles. The van der Waals surface area contributed by atoms with Gasteiger partial charge in [0.15, 0.2) is 15.5 Å². The van der Waals surface area contributed by atoms with Gasteiger partial charge < -0.3 is 4.90 Å². The Hall–Kier alpha value is -2.15. The van der Waals surface area contributed by atoms with Crippen molar-refractivity contribution in [3.63, 3.8) is 0 Å². The minimum absolute atomic E-state index is 0.0458. The maximum atomic E-state index is 12.9. The van der Waals surface area contributed by atoms with E-state index in [-0.39, 0.29) is 23.5 Å². The highest BCUT2D eigenvalue weighted by Crippen LogP contribution is 2.21. The van der Waals surface area contributed by atoms with Crippen LogP contribution in [0.15, 0.2) is 30.3 Å². The Morgan fingerprint density at radius 1 is 1.32 bits per heavy atom. The van der Waals surface area contributed by atoms with Crippen molar-refractivity contribution in [2.75, 3.05) is 18.1 Å². The van der Waals surface area contributed by atoms with Crippen LogP contribution in [0.3, 0.4) is 0 Å². The number of hydrogen-bond donors (Lipinski definition) is 0. The number of aryl methyl sites for hydroxylation is 2. The van der Waals surface area contributed by atoms with Crippen molar-refractivity contribution in [2.45, 2.75) is 33.2 Å². The first-order valence-electron chi connectivity index (χ1n) is 8.46. The van der Waals surface area contributed by atoms with Gasteiger partial charge >= 0.3 is 0 Å². The van der Waals surface area contributed by atoms with E-state index in [1.807, 2.05) is 45.0 Å². The molecule has 2 heterocycles. The fourth-order valence-electron chi connectivity index (χ4n) is 3.34. The van der Waals surface area contributed by atoms with Crippen molar-refractivity contribution in [1.29, 1.82) is 0 Å². The zero-order chi connectivity index (χ0) is 18.2. The summed E-state index contributed by atoms with van der Waals surface area (Å²) < 4.78 is 25.2. The van der Waals surface area contributed by atoms with Gasteiger partial charge in [-0.05, 0) is 51.0 Å². The molecule has 3 rings (SSSR count). The number of carbonyl (C=O) groups is 1. The van der Waals surface area contributed by atoms with Crippen LogP contribution in [0.4, 0.5) is 0 Å². The van der Waals surface area contributed by atoms with Gasteiger partial charge in [0.05, 0.1) is 17.2 Å². The van der Waals surface area contributed by atoms with Gasteiger partial charge in [-0.15, -0.1) is 0 Å². The molecule has 1 aliphatic rings. The number of hydrogen-bond acceptors (Lipinski definition) is 4. The van der Waals surface area contributed by atoms with Crippen LogP contribution in [-0.4, -0.2) is 53.1 Å². The molecule has 1 atom stereocenters. The van der Waals surface area contributed by atoms with Crippen LogP contribution in [0.25, 0.3) is 5.69 Å². The lowest BCUT2D eigenvalue weighted by Crippen LogP contribution is -2.41. The lowest BCUT2D eigenvalue weighted by Gasteiger charge is -2.25. The third-order valence-corrected chi connectivity index (χ3v) is 6.35. The number of aromatic nitrogens is 2. The summed E-state index contributed by atoms with van der Waals surface area (Å²) >= 11 is 0. The topological polar surface area (TPSA) is 72.3 Å². The van der Waals surface area contributed by atoms with E-state index in [0.717, 1.165) is 16.9 Å². The molecule has 7 heteroatoms. The predicted molar refractivity (Wildman–Crippen MR) is 96.8 cm³/mol. The average molecular weight is 361 g/mol. The van der Waals surface area contributed by atoms with Gasteiger partial charge in [-0.3, -0.25) is 4.79 Å². The molecule has 1 amide bonds. The van der Waals surface area contributed by atoms with Crippen molar-refractivity contribution in [3.8, 4) is 5.69 Å². The molecule has 1 aliphatic heterocycles. The summed E-state index contributed by atoms with van der Waals surface area (Å²) in [5.41, 5.74) is 3.24. The van der Waals surface area contributed by atoms with Gasteiger partial charge in [0.2, 0.25) is 0 Å². The Kier molecular flexibility index (Phi) is 4.69. The van der Waals surface area contributed by atoms with Gasteiger partial charge in [-0.25, -0.2) is 13.1 Å². The van der Waals surface area contributed by atoms with E-state index in [1.165, 1.54) is 0 Å². The number of sulfone groups is 1. The van der Waals surface area contributed by atoms with Crippen molar-refractivity contribution in [2.24, 2.45) is 0 Å². The van der Waals surface area contributed by atoms with E-state index in [4.69, 9.17) is 0 Å². The second kappa shape index (κ2) is 6.63. The molecule has 0 radical (unpaired) electrons. The van der Waals surface area contributed by atoms with Crippen LogP contribution in [0.1, 0.15) is 35.1 Å². The predicted octanol–water partition coefficient (Wildman–Crippen LogP) is 2.14. The molecule has 0 N–H and O–H groups in total. The molecule has 0 aliphatic carbocycles. The summed E-state index contributed by atoms with van der Waals surface area (Å²) in [5.74, 6) is -0.0124. The third-order valence-electron chi connectivity index (χ3n) is 4.60. The lowest BCUT2D eigenvalue weighted by molar-refractivity contribution is 0.0702. The standard InChI is InChI=1S/C18H23N3O3S/c1-4-20(16-8-9-25(23,24)12-16)18(22)17-11-14(3)21(19-17)15-7-5-6-13(2)10-15/h5-7,10-11,16H,4,8-9,12H2,1-3H3. The maximum Gasteiger partial charge on any atom is 0.274 e. The molecule has 134 valence electrons. The fourth-order valence-corrected chi connectivity index (χ4v) is 5.07. The van der Waals surface area contributed by atoms with Crippen LogP contribution >= 0.6 is 0 Å². The Morgan fingerprint density at radius 3 is 2.68 bits per heavy atom. The SMILES string of the molecule is CCN(C(=O)c1cc(C)n(-c2cccc(C)c2)n1)C1CCS(=O)(=O)C1. The first kappa shape index (κ1) is 17.7. The Bertz CT molecular complexity index is 902. The summed E-state index contributed by atoms with van der Waals surface area (Å²) in [7, 11) is -3.04. The van der Waals surface area contributed by atoms with Crippen LogP contribution in [-0.2, 0) is 9.84 Å². The quantitative estimate of drug-likeness (QED) is 0.836. The van der Waals surface area contributed by atoms with Crippen molar-refractivity contribution in [1.82, 2.24) is 14.7 Å². The molecular formula is C18H23N3O3S. The summed E-state index contributed by atoms with van der Waals surface area (Å²) in [5, 5.41) is 4.47. The number of nitrogens with zero attached hydrogens (tertiary/aromatic N) is 3. The number of benzene rings is 1. The lowest BCUT2D eigenvalue weighted by atomic mass is 10.2. The zero-order valence-electron chi connectivity index (χ0n) is 14.8. The molecule has 1 fully saturated rings. The van der Waals surface area contributed by atoms with Crippen molar-refractivity contribution < 1.29 is 13.2 Å². The number of amides is 1. The molecule has 0 saturated carbocycles. The van der Waals surface area contributed by atoms with Crippen LogP contribution in [0.2, 0.25) is 0 Å². The van der Waals surface area contributed by atoms with Crippen LogP contribution in [0.5, 0.6) is 0 Å². The molecule has 0 spiro atoms. The second-order valence-electron chi connectivity index (χ2n) is 6.57. The van der Waals surface area contributed by atoms with Gasteiger partial charge in [-0.2, -0.15) is 5.10 Å². The highest BCUT2D eigenvalue weighted by atomic mass is 32.2. The van der Waals surface area contributed by atoms with Gasteiger partial charge in [-0.1, -0.05) is 12.1 Å². The van der Waals surface area contributed by atoms with E-state index in [2.05, 4.69) is 5.10 Å². The summed E-state index contributed by atoms with van der Waals surface area (Å²) in [6.45, 7) is 6.25. The summed E-state index contributed by atoms with van der Waals surface area (Å²) in [6, 6.07) is 9.42. The largest absolute Gasteiger partial charge is 0.333 e. The number of rotatable bonds is 4. The molecule has 25 heavy (non-hydrogen) atoms. The number of carbonyl (C=O) groups excluding carboxylic acids is 1. The zero-order valence-corrected chi connectivity index (χ0v) is 15.6. The van der Waals surface area contributed by atoms with E-state index in [1.54, 1.807) is 15.6 Å².